The van der Waals surface area contributed by atoms with Crippen LogP contribution in [-0.4, -0.2) is 75.8 Å². The van der Waals surface area contributed by atoms with E-state index in [9.17, 15) is 20.1 Å². The summed E-state index contributed by atoms with van der Waals surface area (Å²) in [6, 6.07) is -0.345. The van der Waals surface area contributed by atoms with Crippen molar-refractivity contribution in [3.8, 4) is 0 Å². The summed E-state index contributed by atoms with van der Waals surface area (Å²) in [5.41, 5.74) is 0.0344. The first-order valence-electron chi connectivity index (χ1n) is 11.4. The molecule has 3 aliphatic rings. The van der Waals surface area contributed by atoms with E-state index in [0.717, 1.165) is 6.42 Å². The molecule has 0 aliphatic carbocycles. The van der Waals surface area contributed by atoms with E-state index in [1.165, 1.54) is 11.0 Å². The Morgan fingerprint density at radius 1 is 1.03 bits per heavy atom. The number of aliphatic hydroxyl groups excluding tert-OH is 3. The lowest BCUT2D eigenvalue weighted by atomic mass is 9.97. The molecule has 7 heteroatoms. The van der Waals surface area contributed by atoms with Gasteiger partial charge in [0.2, 0.25) is 0 Å². The Bertz CT molecular complexity index is 883. The van der Waals surface area contributed by atoms with E-state index in [1.54, 1.807) is 25.3 Å². The molecule has 3 saturated heterocycles. The number of hydrogen-bond donors (Lipinski definition) is 3. The third-order valence-corrected chi connectivity index (χ3v) is 6.23. The second-order valence-electron chi connectivity index (χ2n) is 9.07. The summed E-state index contributed by atoms with van der Waals surface area (Å²) in [5, 5.41) is 31.0. The number of amides is 1. The first-order valence-corrected chi connectivity index (χ1v) is 11.4. The van der Waals surface area contributed by atoms with E-state index < -0.39 is 12.2 Å². The summed E-state index contributed by atoms with van der Waals surface area (Å²) in [7, 11) is 1.64. The fourth-order valence-electron chi connectivity index (χ4n) is 4.64. The van der Waals surface area contributed by atoms with Crippen molar-refractivity contribution in [1.29, 1.82) is 0 Å². The number of carbonyl (C=O) groups excluding carboxylic acids is 1. The number of likely N-dealkylation sites (N-methyl/N-ethyl adjacent to an activating group) is 1. The van der Waals surface area contributed by atoms with E-state index in [1.807, 2.05) is 57.2 Å². The van der Waals surface area contributed by atoms with Gasteiger partial charge in [0.05, 0.1) is 23.8 Å². The second-order valence-corrected chi connectivity index (χ2v) is 9.07. The van der Waals surface area contributed by atoms with E-state index in [4.69, 9.17) is 9.47 Å². The van der Waals surface area contributed by atoms with Crippen molar-refractivity contribution in [1.82, 2.24) is 4.90 Å². The highest BCUT2D eigenvalue weighted by molar-refractivity contribution is 5.98. The van der Waals surface area contributed by atoms with E-state index >= 15 is 0 Å². The van der Waals surface area contributed by atoms with E-state index in [0.29, 0.717) is 0 Å². The number of allylic oxidation sites excluding steroid dienone is 9. The SMILES string of the molecule is CC(C)[C@H]1C(O)\C(=C(O)/C=C/C=C/C=C/C=C/C=C/[C@@H]2O[C@@H]3C[C@@H](C)O[C@@H]3[C@@H]2O)C(=O)N1C. The number of rotatable bonds is 7. The highest BCUT2D eigenvalue weighted by Gasteiger charge is 2.48. The molecule has 3 aliphatic heterocycles. The molecule has 0 aromatic rings. The highest BCUT2D eigenvalue weighted by atomic mass is 16.6. The molecule has 7 nitrogen and oxygen atoms in total. The lowest BCUT2D eigenvalue weighted by Gasteiger charge is -2.24. The van der Waals surface area contributed by atoms with Crippen molar-refractivity contribution < 1.29 is 29.6 Å². The zero-order valence-electron chi connectivity index (χ0n) is 19.6. The molecule has 3 fully saturated rings. The number of carbonyl (C=O) groups is 1. The topological polar surface area (TPSA) is 99.5 Å². The first kappa shape index (κ1) is 25.2. The van der Waals surface area contributed by atoms with Gasteiger partial charge in [-0.3, -0.25) is 4.79 Å². The van der Waals surface area contributed by atoms with Gasteiger partial charge in [0, 0.05) is 13.5 Å². The van der Waals surface area contributed by atoms with Gasteiger partial charge in [0.25, 0.3) is 5.91 Å². The summed E-state index contributed by atoms with van der Waals surface area (Å²) in [5.74, 6) is -0.503. The third kappa shape index (κ3) is 5.73. The number of nitrogens with zero attached hydrogens (tertiary/aromatic N) is 1. The van der Waals surface area contributed by atoms with Gasteiger partial charge in [0.1, 0.15) is 30.2 Å². The van der Waals surface area contributed by atoms with Crippen molar-refractivity contribution >= 4 is 5.91 Å². The molecule has 0 saturated carbocycles. The van der Waals surface area contributed by atoms with Crippen LogP contribution in [0.2, 0.25) is 0 Å². The van der Waals surface area contributed by atoms with Gasteiger partial charge in [-0.15, -0.1) is 0 Å². The maximum atomic E-state index is 12.3. The summed E-state index contributed by atoms with van der Waals surface area (Å²) in [6.07, 6.45) is 16.2. The number of hydrogen-bond acceptors (Lipinski definition) is 6. The van der Waals surface area contributed by atoms with Crippen LogP contribution < -0.4 is 0 Å². The Balaban J connectivity index is 1.45. The molecule has 180 valence electrons. The molecule has 3 rings (SSSR count). The largest absolute Gasteiger partial charge is 0.507 e. The molecule has 33 heavy (non-hydrogen) atoms. The van der Waals surface area contributed by atoms with Crippen LogP contribution in [0.4, 0.5) is 0 Å². The van der Waals surface area contributed by atoms with Crippen LogP contribution in [0, 0.1) is 5.92 Å². The minimum Gasteiger partial charge on any atom is -0.507 e. The Hall–Kier alpha value is -2.45. The average Bonchev–Trinajstić information content (AvgIpc) is 3.33. The number of ether oxygens (including phenoxy) is 2. The summed E-state index contributed by atoms with van der Waals surface area (Å²) in [4.78, 5) is 13.8. The Morgan fingerprint density at radius 2 is 1.64 bits per heavy atom. The van der Waals surface area contributed by atoms with Gasteiger partial charge in [0.15, 0.2) is 0 Å². The van der Waals surface area contributed by atoms with E-state index in [-0.39, 0.29) is 53.6 Å². The lowest BCUT2D eigenvalue weighted by molar-refractivity contribution is -0.125. The third-order valence-electron chi connectivity index (χ3n) is 6.23. The number of aliphatic hydroxyl groups is 3. The van der Waals surface area contributed by atoms with Crippen molar-refractivity contribution in [3.63, 3.8) is 0 Å². The molecule has 0 aromatic heterocycles. The van der Waals surface area contributed by atoms with Crippen LogP contribution in [0.3, 0.4) is 0 Å². The molecule has 0 bridgehead atoms. The van der Waals surface area contributed by atoms with Crippen LogP contribution in [0.5, 0.6) is 0 Å². The van der Waals surface area contributed by atoms with Gasteiger partial charge in [-0.2, -0.15) is 0 Å². The molecule has 3 N–H and O–H groups in total. The molecule has 1 unspecified atom stereocenters. The van der Waals surface area contributed by atoms with Crippen molar-refractivity contribution in [3.05, 3.63) is 72.1 Å². The average molecular weight is 458 g/mol. The van der Waals surface area contributed by atoms with Gasteiger partial charge in [-0.05, 0) is 18.9 Å². The van der Waals surface area contributed by atoms with Gasteiger partial charge >= 0.3 is 0 Å². The minimum atomic E-state index is -1.01. The molecule has 0 radical (unpaired) electrons. The van der Waals surface area contributed by atoms with Crippen LogP contribution in [0.15, 0.2) is 72.1 Å². The molecule has 1 amide bonds. The maximum Gasteiger partial charge on any atom is 0.256 e. The van der Waals surface area contributed by atoms with Crippen molar-refractivity contribution in [2.75, 3.05) is 7.05 Å². The fraction of sp³-hybridized carbons (Fsp3) is 0.500. The van der Waals surface area contributed by atoms with E-state index in [2.05, 4.69) is 0 Å². The lowest BCUT2D eigenvalue weighted by Crippen LogP contribution is -2.38. The number of likely N-dealkylation sites (tertiary alicyclic amines) is 1. The standard InChI is InChI=1S/C26H35NO6/c1-16(2)22-24(30)21(26(31)27(22)4)18(28)13-11-9-7-5-6-8-10-12-14-19-23(29)25-20(33-19)15-17(3)32-25/h5-14,16-17,19-20,22-25,28-30H,15H2,1-4H3/b6-5+,9-7+,10-8+,13-11+,14-12+,21-18-/t17-,19+,20-,22+,23-,24?,25+/m1/s1. The second kappa shape index (κ2) is 11.1. The Labute approximate surface area is 195 Å². The number of fused-ring (bicyclic) bond motifs is 1. The van der Waals surface area contributed by atoms with Gasteiger partial charge < -0.3 is 29.7 Å². The summed E-state index contributed by atoms with van der Waals surface area (Å²) in [6.45, 7) is 5.84. The predicted octanol–water partition coefficient (Wildman–Crippen LogP) is 2.74. The molecule has 0 aromatic carbocycles. The quantitative estimate of drug-likeness (QED) is 0.309. The maximum absolute atomic E-state index is 12.3. The molecular weight excluding hydrogens is 422 g/mol. The summed E-state index contributed by atoms with van der Waals surface area (Å²) >= 11 is 0. The molecule has 3 heterocycles. The molecular formula is C26H35NO6. The zero-order valence-corrected chi connectivity index (χ0v) is 19.6. The zero-order chi connectivity index (χ0) is 24.1. The predicted molar refractivity (Wildman–Crippen MR) is 126 cm³/mol. The Kier molecular flexibility index (Phi) is 8.48. The van der Waals surface area contributed by atoms with Gasteiger partial charge in [-0.25, -0.2) is 0 Å². The monoisotopic (exact) mass is 457 g/mol. The summed E-state index contributed by atoms with van der Waals surface area (Å²) < 4.78 is 11.5. The first-order chi connectivity index (χ1) is 15.7. The van der Waals surface area contributed by atoms with Crippen LogP contribution >= 0.6 is 0 Å². The normalized spacial score (nSPS) is 36.9. The molecule has 7 atom stereocenters. The highest BCUT2D eigenvalue weighted by Crippen LogP contribution is 2.34. The van der Waals surface area contributed by atoms with Crippen LogP contribution in [-0.2, 0) is 14.3 Å². The smallest absolute Gasteiger partial charge is 0.256 e. The minimum absolute atomic E-state index is 0.0330. The van der Waals surface area contributed by atoms with Crippen LogP contribution in [0.25, 0.3) is 0 Å². The Morgan fingerprint density at radius 3 is 2.21 bits per heavy atom. The van der Waals surface area contributed by atoms with Crippen molar-refractivity contribution in [2.24, 2.45) is 5.92 Å². The van der Waals surface area contributed by atoms with Crippen molar-refractivity contribution in [2.45, 2.75) is 69.9 Å². The van der Waals surface area contributed by atoms with Gasteiger partial charge in [-0.1, -0.05) is 68.5 Å². The van der Waals surface area contributed by atoms with Crippen LogP contribution in [0.1, 0.15) is 27.2 Å². The fourth-order valence-corrected chi connectivity index (χ4v) is 4.64. The molecule has 0 spiro atoms.